The molecule has 3 heteroatoms. The molecule has 1 N–H and O–H groups in total. The van der Waals surface area contributed by atoms with Gasteiger partial charge in [-0.15, -0.1) is 0 Å². The molecular formula is C9H12N2O. The number of nitrogens with zero attached hydrogens (tertiary/aromatic N) is 2. The highest BCUT2D eigenvalue weighted by Gasteiger charge is 1.88. The molecule has 0 bridgehead atoms. The van der Waals surface area contributed by atoms with Gasteiger partial charge in [-0.2, -0.15) is 0 Å². The van der Waals surface area contributed by atoms with Gasteiger partial charge in [0, 0.05) is 14.1 Å². The smallest absolute Gasteiger partial charge is 0.115 e. The lowest BCUT2D eigenvalue weighted by Crippen LogP contribution is -2.06. The van der Waals surface area contributed by atoms with Crippen molar-refractivity contribution in [2.75, 3.05) is 14.1 Å². The van der Waals surface area contributed by atoms with Crippen LogP contribution in [0.25, 0.3) is 0 Å². The molecule has 12 heavy (non-hydrogen) atoms. The van der Waals surface area contributed by atoms with Crippen LogP contribution in [0.1, 0.15) is 0 Å². The SMILES string of the molecule is CN(C)C=Nc1ccc(O)cc1. The van der Waals surface area contributed by atoms with E-state index < -0.39 is 0 Å². The minimum Gasteiger partial charge on any atom is -0.508 e. The lowest BCUT2D eigenvalue weighted by Gasteiger charge is -2.01. The second kappa shape index (κ2) is 3.76. The molecule has 1 aromatic carbocycles. The number of phenols is 1. The van der Waals surface area contributed by atoms with Gasteiger partial charge in [0.05, 0.1) is 12.0 Å². The maximum Gasteiger partial charge on any atom is 0.115 e. The third-order valence-corrected chi connectivity index (χ3v) is 1.29. The molecule has 0 aromatic heterocycles. The summed E-state index contributed by atoms with van der Waals surface area (Å²) >= 11 is 0. The highest BCUT2D eigenvalue weighted by atomic mass is 16.3. The van der Waals surface area contributed by atoms with Crippen molar-refractivity contribution in [3.63, 3.8) is 0 Å². The lowest BCUT2D eigenvalue weighted by atomic mass is 10.3. The summed E-state index contributed by atoms with van der Waals surface area (Å²) in [5, 5.41) is 8.97. The van der Waals surface area contributed by atoms with Gasteiger partial charge in [-0.1, -0.05) is 0 Å². The molecule has 0 aliphatic heterocycles. The maximum atomic E-state index is 8.97. The van der Waals surface area contributed by atoms with Crippen LogP contribution in [0.3, 0.4) is 0 Å². The van der Waals surface area contributed by atoms with Gasteiger partial charge < -0.3 is 10.0 Å². The van der Waals surface area contributed by atoms with Crippen molar-refractivity contribution in [3.05, 3.63) is 24.3 Å². The molecule has 0 unspecified atom stereocenters. The van der Waals surface area contributed by atoms with Gasteiger partial charge in [-0.3, -0.25) is 0 Å². The van der Waals surface area contributed by atoms with Crippen molar-refractivity contribution in [1.29, 1.82) is 0 Å². The first-order valence-electron chi connectivity index (χ1n) is 3.68. The van der Waals surface area contributed by atoms with Crippen LogP contribution >= 0.6 is 0 Å². The topological polar surface area (TPSA) is 35.8 Å². The summed E-state index contributed by atoms with van der Waals surface area (Å²) in [7, 11) is 3.81. The highest BCUT2D eigenvalue weighted by molar-refractivity contribution is 5.60. The number of aliphatic imine (C=N–C) groups is 1. The number of phenolic OH excluding ortho intramolecular Hbond substituents is 1. The zero-order valence-electron chi connectivity index (χ0n) is 7.23. The Morgan fingerprint density at radius 3 is 2.33 bits per heavy atom. The van der Waals surface area contributed by atoms with Crippen molar-refractivity contribution in [1.82, 2.24) is 4.90 Å². The molecule has 0 aliphatic rings. The zero-order valence-corrected chi connectivity index (χ0v) is 7.23. The van der Waals surface area contributed by atoms with Crippen LogP contribution in [0.2, 0.25) is 0 Å². The number of rotatable bonds is 2. The van der Waals surface area contributed by atoms with Crippen molar-refractivity contribution in [2.24, 2.45) is 4.99 Å². The molecule has 0 amide bonds. The number of hydrogen-bond donors (Lipinski definition) is 1. The Morgan fingerprint density at radius 1 is 1.25 bits per heavy atom. The van der Waals surface area contributed by atoms with Crippen molar-refractivity contribution >= 4 is 12.0 Å². The van der Waals surface area contributed by atoms with E-state index in [4.69, 9.17) is 5.11 Å². The van der Waals surface area contributed by atoms with E-state index in [-0.39, 0.29) is 5.75 Å². The van der Waals surface area contributed by atoms with Crippen LogP contribution in [-0.4, -0.2) is 30.4 Å². The fourth-order valence-corrected chi connectivity index (χ4v) is 0.721. The van der Waals surface area contributed by atoms with E-state index in [1.54, 1.807) is 30.6 Å². The lowest BCUT2D eigenvalue weighted by molar-refractivity contribution is 0.475. The standard InChI is InChI=1S/C9H12N2O/c1-11(2)7-10-8-3-5-9(12)6-4-8/h3-7,12H,1-2H3. The normalized spacial score (nSPS) is 10.5. The minimum absolute atomic E-state index is 0.263. The summed E-state index contributed by atoms with van der Waals surface area (Å²) in [4.78, 5) is 5.99. The summed E-state index contributed by atoms with van der Waals surface area (Å²) in [6, 6.07) is 6.75. The summed E-state index contributed by atoms with van der Waals surface area (Å²) in [6.45, 7) is 0. The second-order valence-corrected chi connectivity index (χ2v) is 2.72. The number of hydrogen-bond acceptors (Lipinski definition) is 2. The molecule has 64 valence electrons. The predicted octanol–water partition coefficient (Wildman–Crippen LogP) is 1.61. The first kappa shape index (κ1) is 8.59. The third kappa shape index (κ3) is 2.62. The predicted molar refractivity (Wildman–Crippen MR) is 49.9 cm³/mol. The van der Waals surface area contributed by atoms with E-state index in [1.165, 1.54) is 0 Å². The summed E-state index contributed by atoms with van der Waals surface area (Å²) in [6.07, 6.45) is 1.71. The second-order valence-electron chi connectivity index (χ2n) is 2.72. The Bertz CT molecular complexity index is 264. The van der Waals surface area contributed by atoms with Gasteiger partial charge in [0.25, 0.3) is 0 Å². The van der Waals surface area contributed by atoms with Gasteiger partial charge in [0.15, 0.2) is 0 Å². The van der Waals surface area contributed by atoms with Gasteiger partial charge in [-0.05, 0) is 24.3 Å². The number of aromatic hydroxyl groups is 1. The summed E-state index contributed by atoms with van der Waals surface area (Å²) in [5.74, 6) is 0.263. The van der Waals surface area contributed by atoms with Crippen LogP contribution in [0.5, 0.6) is 5.75 Å². The maximum absolute atomic E-state index is 8.97. The van der Waals surface area contributed by atoms with E-state index >= 15 is 0 Å². The quantitative estimate of drug-likeness (QED) is 0.532. The van der Waals surface area contributed by atoms with Crippen LogP contribution in [0.15, 0.2) is 29.3 Å². The van der Waals surface area contributed by atoms with E-state index in [0.29, 0.717) is 0 Å². The minimum atomic E-state index is 0.263. The Labute approximate surface area is 72.0 Å². The van der Waals surface area contributed by atoms with Crippen LogP contribution in [-0.2, 0) is 0 Å². The fraction of sp³-hybridized carbons (Fsp3) is 0.222. The zero-order chi connectivity index (χ0) is 8.97. The fourth-order valence-electron chi connectivity index (χ4n) is 0.721. The van der Waals surface area contributed by atoms with Crippen molar-refractivity contribution in [3.8, 4) is 5.75 Å². The third-order valence-electron chi connectivity index (χ3n) is 1.29. The molecule has 1 rings (SSSR count). The van der Waals surface area contributed by atoms with E-state index in [1.807, 2.05) is 19.0 Å². The highest BCUT2D eigenvalue weighted by Crippen LogP contribution is 2.15. The molecular weight excluding hydrogens is 152 g/mol. The van der Waals surface area contributed by atoms with E-state index in [0.717, 1.165) is 5.69 Å². The number of benzene rings is 1. The molecule has 0 heterocycles. The average molecular weight is 164 g/mol. The largest absolute Gasteiger partial charge is 0.508 e. The van der Waals surface area contributed by atoms with Gasteiger partial charge in [0.2, 0.25) is 0 Å². The summed E-state index contributed by atoms with van der Waals surface area (Å²) < 4.78 is 0. The van der Waals surface area contributed by atoms with Crippen molar-refractivity contribution in [2.45, 2.75) is 0 Å². The summed E-state index contributed by atoms with van der Waals surface area (Å²) in [5.41, 5.74) is 0.835. The molecule has 1 aromatic rings. The van der Waals surface area contributed by atoms with Crippen LogP contribution < -0.4 is 0 Å². The van der Waals surface area contributed by atoms with E-state index in [9.17, 15) is 0 Å². The molecule has 0 atom stereocenters. The molecule has 0 radical (unpaired) electrons. The first-order chi connectivity index (χ1) is 5.68. The molecule has 3 nitrogen and oxygen atoms in total. The Hall–Kier alpha value is -1.51. The van der Waals surface area contributed by atoms with Gasteiger partial charge in [0.1, 0.15) is 5.75 Å². The van der Waals surface area contributed by atoms with Gasteiger partial charge in [-0.25, -0.2) is 4.99 Å². The van der Waals surface area contributed by atoms with Crippen LogP contribution in [0, 0.1) is 0 Å². The molecule has 0 spiro atoms. The Kier molecular flexibility index (Phi) is 2.69. The van der Waals surface area contributed by atoms with Crippen LogP contribution in [0.4, 0.5) is 5.69 Å². The molecule has 0 fully saturated rings. The average Bonchev–Trinajstić information content (AvgIpc) is 2.03. The van der Waals surface area contributed by atoms with Gasteiger partial charge >= 0.3 is 0 Å². The molecule has 0 aliphatic carbocycles. The Morgan fingerprint density at radius 2 is 1.83 bits per heavy atom. The monoisotopic (exact) mass is 164 g/mol. The first-order valence-corrected chi connectivity index (χ1v) is 3.68. The molecule has 0 saturated heterocycles. The molecule has 0 saturated carbocycles. The van der Waals surface area contributed by atoms with Crippen molar-refractivity contribution < 1.29 is 5.11 Å². The van der Waals surface area contributed by atoms with E-state index in [2.05, 4.69) is 4.99 Å². The Balaban J connectivity index is 2.71.